The quantitative estimate of drug-likeness (QED) is 0.132. The Labute approximate surface area is 349 Å². The molecular weight excluding hydrogens is 793 g/mol. The third kappa shape index (κ3) is 9.27. The summed E-state index contributed by atoms with van der Waals surface area (Å²) in [6.07, 6.45) is -0.499. The summed E-state index contributed by atoms with van der Waals surface area (Å²) < 4.78 is 66.4. The number of carbonyl (C=O) groups is 3. The maximum Gasteiger partial charge on any atom is 0.415 e. The van der Waals surface area contributed by atoms with Crippen molar-refractivity contribution >= 4 is 29.5 Å². The highest BCUT2D eigenvalue weighted by Gasteiger charge is 2.45. The first-order chi connectivity index (χ1) is 29.4. The lowest BCUT2D eigenvalue weighted by Gasteiger charge is -2.41. The summed E-state index contributed by atoms with van der Waals surface area (Å²) in [5, 5.41) is 19.0. The standard InChI is InChI=1S/C24H19F2NO4.C24H21F2NO3/c25-18-9-10-20(21(26)14-18)16-5-4-8-19(13-16)27-12-11-24(15-22(28)29,31-23(27)30)17-6-2-1-3-7-17;25-19-9-10-21(22(26)16-19)17-5-4-8-20(15-17)27-13-11-24(12-14-28,30-23(27)29)18-6-2-1-3-7-18/h1-10,13-14H,11-12,15H2,(H,28,29);1-10,15-16,28H,11-14H2. The molecule has 0 aromatic heterocycles. The van der Waals surface area contributed by atoms with Crippen molar-refractivity contribution < 1.29 is 51.6 Å². The summed E-state index contributed by atoms with van der Waals surface area (Å²) in [5.41, 5.74) is 1.82. The van der Waals surface area contributed by atoms with Gasteiger partial charge in [-0.3, -0.25) is 14.6 Å². The van der Waals surface area contributed by atoms with Gasteiger partial charge in [0.25, 0.3) is 0 Å². The summed E-state index contributed by atoms with van der Waals surface area (Å²) in [6.45, 7) is 0.487. The molecule has 0 bridgehead atoms. The number of aliphatic hydroxyl groups is 1. The van der Waals surface area contributed by atoms with E-state index < -0.39 is 52.6 Å². The van der Waals surface area contributed by atoms with Gasteiger partial charge in [0, 0.05) is 73.6 Å². The highest BCUT2D eigenvalue weighted by atomic mass is 19.1. The van der Waals surface area contributed by atoms with Crippen molar-refractivity contribution in [3.8, 4) is 22.3 Å². The minimum absolute atomic E-state index is 0.110. The minimum atomic E-state index is -1.26. The van der Waals surface area contributed by atoms with Gasteiger partial charge in [0.1, 0.15) is 28.9 Å². The normalized spacial score (nSPS) is 18.7. The number of nitrogens with zero attached hydrogens (tertiary/aromatic N) is 2. The number of hydrogen-bond acceptors (Lipinski definition) is 6. The molecule has 2 heterocycles. The van der Waals surface area contributed by atoms with Crippen molar-refractivity contribution in [3.63, 3.8) is 0 Å². The van der Waals surface area contributed by atoms with Crippen LogP contribution in [0, 0.1) is 23.3 Å². The van der Waals surface area contributed by atoms with Gasteiger partial charge in [0.15, 0.2) is 5.60 Å². The molecule has 8 rings (SSSR count). The first kappa shape index (κ1) is 42.1. The van der Waals surface area contributed by atoms with E-state index in [4.69, 9.17) is 9.47 Å². The molecule has 0 spiro atoms. The van der Waals surface area contributed by atoms with E-state index in [0.717, 1.165) is 17.7 Å². The van der Waals surface area contributed by atoms with Crippen molar-refractivity contribution in [2.75, 3.05) is 29.5 Å². The monoisotopic (exact) mass is 832 g/mol. The zero-order valence-electron chi connectivity index (χ0n) is 32.6. The highest BCUT2D eigenvalue weighted by Crippen LogP contribution is 2.41. The molecule has 2 saturated heterocycles. The molecule has 2 N–H and O–H groups in total. The van der Waals surface area contributed by atoms with Crippen LogP contribution in [0.2, 0.25) is 0 Å². The Morgan fingerprint density at radius 1 is 0.574 bits per heavy atom. The van der Waals surface area contributed by atoms with Gasteiger partial charge in [-0.25, -0.2) is 27.2 Å². The fraction of sp³-hybridized carbons (Fsp3) is 0.188. The first-order valence-electron chi connectivity index (χ1n) is 19.5. The van der Waals surface area contributed by atoms with E-state index in [9.17, 15) is 42.2 Å². The Morgan fingerprint density at radius 2 is 1.02 bits per heavy atom. The lowest BCUT2D eigenvalue weighted by atomic mass is 9.85. The predicted molar refractivity (Wildman–Crippen MR) is 221 cm³/mol. The molecule has 2 aliphatic rings. The first-order valence-corrected chi connectivity index (χ1v) is 19.5. The maximum absolute atomic E-state index is 14.2. The fourth-order valence-corrected chi connectivity index (χ4v) is 7.77. The van der Waals surface area contributed by atoms with E-state index in [0.29, 0.717) is 47.5 Å². The van der Waals surface area contributed by atoms with Gasteiger partial charge >= 0.3 is 18.2 Å². The predicted octanol–water partition coefficient (Wildman–Crippen LogP) is 10.6. The highest BCUT2D eigenvalue weighted by molar-refractivity contribution is 5.91. The number of halogens is 4. The number of cyclic esters (lactones) is 2. The smallest absolute Gasteiger partial charge is 0.415 e. The van der Waals surface area contributed by atoms with Crippen LogP contribution in [0.1, 0.15) is 36.8 Å². The van der Waals surface area contributed by atoms with Crippen molar-refractivity contribution in [1.29, 1.82) is 0 Å². The number of carboxylic acid groups (broad SMARTS) is 1. The number of benzene rings is 6. The third-order valence-electron chi connectivity index (χ3n) is 10.8. The Hall–Kier alpha value is -6.99. The summed E-state index contributed by atoms with van der Waals surface area (Å²) in [7, 11) is 0. The number of hydrogen-bond donors (Lipinski definition) is 2. The summed E-state index contributed by atoms with van der Waals surface area (Å²) in [6, 6.07) is 38.4. The van der Waals surface area contributed by atoms with Crippen molar-refractivity contribution in [2.24, 2.45) is 0 Å². The Kier molecular flexibility index (Phi) is 12.5. The van der Waals surface area contributed by atoms with Crippen molar-refractivity contribution in [3.05, 3.63) is 180 Å². The maximum atomic E-state index is 14.2. The summed E-state index contributed by atoms with van der Waals surface area (Å²) >= 11 is 0. The van der Waals surface area contributed by atoms with Crippen LogP contribution in [0.4, 0.5) is 38.5 Å². The van der Waals surface area contributed by atoms with Crippen LogP contribution in [-0.4, -0.2) is 48.1 Å². The van der Waals surface area contributed by atoms with Gasteiger partial charge in [0.2, 0.25) is 0 Å². The lowest BCUT2D eigenvalue weighted by Crippen LogP contribution is -2.49. The molecule has 2 amide bonds. The number of anilines is 2. The number of rotatable bonds is 10. The molecule has 2 fully saturated rings. The van der Waals surface area contributed by atoms with Crippen LogP contribution in [0.15, 0.2) is 146 Å². The second-order valence-electron chi connectivity index (χ2n) is 14.7. The van der Waals surface area contributed by atoms with Crippen LogP contribution < -0.4 is 9.80 Å². The van der Waals surface area contributed by atoms with E-state index in [1.807, 2.05) is 30.3 Å². The Balaban J connectivity index is 0.000000184. The molecule has 312 valence electrons. The number of aliphatic carboxylic acids is 1. The number of carbonyl (C=O) groups excluding carboxylic acids is 2. The lowest BCUT2D eigenvalue weighted by molar-refractivity contribution is -0.143. The molecular formula is C48H40F4N2O7. The number of amides is 2. The number of carboxylic acids is 1. The molecule has 61 heavy (non-hydrogen) atoms. The molecule has 0 aliphatic carbocycles. The van der Waals surface area contributed by atoms with Crippen LogP contribution in [0.25, 0.3) is 22.3 Å². The molecule has 6 aromatic carbocycles. The minimum Gasteiger partial charge on any atom is -0.481 e. The number of ether oxygens (including phenoxy) is 2. The average Bonchev–Trinajstić information content (AvgIpc) is 3.25. The van der Waals surface area contributed by atoms with E-state index in [1.165, 1.54) is 34.1 Å². The van der Waals surface area contributed by atoms with Crippen LogP contribution in [0.5, 0.6) is 0 Å². The van der Waals surface area contributed by atoms with E-state index in [2.05, 4.69) is 0 Å². The molecule has 0 saturated carbocycles. The molecule has 9 nitrogen and oxygen atoms in total. The van der Waals surface area contributed by atoms with Gasteiger partial charge in [-0.15, -0.1) is 0 Å². The molecule has 0 radical (unpaired) electrons. The van der Waals surface area contributed by atoms with E-state index in [-0.39, 0.29) is 37.1 Å². The second kappa shape index (κ2) is 18.1. The molecule has 2 unspecified atom stereocenters. The topological polar surface area (TPSA) is 117 Å². The van der Waals surface area contributed by atoms with Crippen LogP contribution >= 0.6 is 0 Å². The van der Waals surface area contributed by atoms with Gasteiger partial charge in [-0.1, -0.05) is 84.9 Å². The number of aliphatic hydroxyl groups excluding tert-OH is 1. The second-order valence-corrected chi connectivity index (χ2v) is 14.7. The molecule has 2 atom stereocenters. The van der Waals surface area contributed by atoms with E-state index >= 15 is 0 Å². The average molecular weight is 833 g/mol. The van der Waals surface area contributed by atoms with Gasteiger partial charge in [-0.2, -0.15) is 0 Å². The largest absolute Gasteiger partial charge is 0.481 e. The molecule has 6 aromatic rings. The van der Waals surface area contributed by atoms with Gasteiger partial charge in [0.05, 0.1) is 6.42 Å². The molecule has 2 aliphatic heterocycles. The molecule has 13 heteroatoms. The SMILES string of the molecule is O=C(O)CC1(c2ccccc2)CCN(c2cccc(-c3ccc(F)cc3F)c2)C(=O)O1.O=C1OC(CCO)(c2ccccc2)CCN1c1cccc(-c2ccc(F)cc2F)c1. The summed E-state index contributed by atoms with van der Waals surface area (Å²) in [5.74, 6) is -3.76. The van der Waals surface area contributed by atoms with Crippen LogP contribution in [-0.2, 0) is 25.5 Å². The van der Waals surface area contributed by atoms with Gasteiger partial charge in [-0.05, 0) is 70.8 Å². The fourth-order valence-electron chi connectivity index (χ4n) is 7.77. The summed E-state index contributed by atoms with van der Waals surface area (Å²) in [4.78, 5) is 40.2. The zero-order valence-corrected chi connectivity index (χ0v) is 32.6. The van der Waals surface area contributed by atoms with E-state index in [1.54, 1.807) is 78.9 Å². The zero-order chi connectivity index (χ0) is 43.1. The van der Waals surface area contributed by atoms with Crippen molar-refractivity contribution in [2.45, 2.75) is 36.9 Å². The van der Waals surface area contributed by atoms with Crippen LogP contribution in [0.3, 0.4) is 0 Å². The Morgan fingerprint density at radius 3 is 1.44 bits per heavy atom. The van der Waals surface area contributed by atoms with Gasteiger partial charge < -0.3 is 19.7 Å². The Bertz CT molecular complexity index is 2540. The third-order valence-corrected chi connectivity index (χ3v) is 10.8. The van der Waals surface area contributed by atoms with Crippen molar-refractivity contribution in [1.82, 2.24) is 0 Å².